The Morgan fingerprint density at radius 1 is 1.00 bits per heavy atom. The summed E-state index contributed by atoms with van der Waals surface area (Å²) in [4.78, 5) is 7.59. The number of halogens is 3. The van der Waals surface area contributed by atoms with Crippen LogP contribution >= 0.6 is 31.9 Å². The number of pyridine rings is 2. The van der Waals surface area contributed by atoms with E-state index in [-0.39, 0.29) is 0 Å². The second-order valence-electron chi connectivity index (χ2n) is 3.52. The molecule has 0 amide bonds. The molecule has 0 unspecified atom stereocenters. The van der Waals surface area contributed by atoms with E-state index in [4.69, 9.17) is 0 Å². The van der Waals surface area contributed by atoms with Crippen LogP contribution in [0.1, 0.15) is 19.0 Å². The van der Waals surface area contributed by atoms with E-state index in [1.807, 2.05) is 18.3 Å². The zero-order valence-electron chi connectivity index (χ0n) is 9.91. The normalized spacial score (nSPS) is 9.56. The largest absolute Gasteiger partial charge is 0.260 e. The molecule has 0 spiro atoms. The molecule has 0 aliphatic heterocycles. The zero-order valence-corrected chi connectivity index (χ0v) is 13.1. The van der Waals surface area contributed by atoms with E-state index in [1.54, 1.807) is 6.07 Å². The van der Waals surface area contributed by atoms with Gasteiger partial charge >= 0.3 is 0 Å². The number of nitrogens with zero attached hydrogens (tertiary/aromatic N) is 2. The van der Waals surface area contributed by atoms with Crippen molar-refractivity contribution >= 4 is 31.9 Å². The van der Waals surface area contributed by atoms with Crippen LogP contribution in [0.25, 0.3) is 0 Å². The van der Waals surface area contributed by atoms with Gasteiger partial charge in [0.25, 0.3) is 0 Å². The van der Waals surface area contributed by atoms with Crippen LogP contribution < -0.4 is 0 Å². The first-order valence-corrected chi connectivity index (χ1v) is 7.08. The van der Waals surface area contributed by atoms with Crippen molar-refractivity contribution in [1.29, 1.82) is 0 Å². The number of hydrogen-bond donors (Lipinski definition) is 0. The molecule has 0 aliphatic rings. The Balaban J connectivity index is 0.000000184. The summed E-state index contributed by atoms with van der Waals surface area (Å²) in [6.07, 6.45) is 5.49. The number of hydrogen-bond acceptors (Lipinski definition) is 2. The Kier molecular flexibility index (Phi) is 7.05. The third kappa shape index (κ3) is 6.21. The zero-order chi connectivity index (χ0) is 13.4. The molecule has 0 bridgehead atoms. The summed E-state index contributed by atoms with van der Waals surface area (Å²) in [7, 11) is 0. The Labute approximate surface area is 123 Å². The third-order valence-electron chi connectivity index (χ3n) is 1.99. The van der Waals surface area contributed by atoms with Gasteiger partial charge in [0.05, 0.1) is 0 Å². The molecule has 2 nitrogen and oxygen atoms in total. The second-order valence-corrected chi connectivity index (χ2v) is 5.35. The van der Waals surface area contributed by atoms with Crippen LogP contribution in [0.3, 0.4) is 0 Å². The molecule has 0 radical (unpaired) electrons. The van der Waals surface area contributed by atoms with Gasteiger partial charge in [0.1, 0.15) is 0 Å². The predicted molar refractivity (Wildman–Crippen MR) is 77.8 cm³/mol. The fraction of sp³-hybridized carbons (Fsp3) is 0.231. The van der Waals surface area contributed by atoms with E-state index < -0.39 is 5.95 Å². The van der Waals surface area contributed by atoms with E-state index in [2.05, 4.69) is 48.8 Å². The van der Waals surface area contributed by atoms with Gasteiger partial charge < -0.3 is 0 Å². The van der Waals surface area contributed by atoms with Crippen molar-refractivity contribution in [3.05, 3.63) is 57.2 Å². The van der Waals surface area contributed by atoms with Crippen LogP contribution in [0, 0.1) is 5.95 Å². The van der Waals surface area contributed by atoms with E-state index in [0.717, 1.165) is 21.8 Å². The highest BCUT2D eigenvalue weighted by Gasteiger charge is 1.90. The van der Waals surface area contributed by atoms with Crippen molar-refractivity contribution in [2.24, 2.45) is 0 Å². The van der Waals surface area contributed by atoms with Gasteiger partial charge in [-0.3, -0.25) is 4.98 Å². The van der Waals surface area contributed by atoms with Crippen LogP contribution in [0.15, 0.2) is 45.6 Å². The van der Waals surface area contributed by atoms with Crippen LogP contribution in [0.4, 0.5) is 4.39 Å². The third-order valence-corrected chi connectivity index (χ3v) is 2.92. The van der Waals surface area contributed by atoms with Crippen molar-refractivity contribution in [2.75, 3.05) is 0 Å². The lowest BCUT2D eigenvalue weighted by Gasteiger charge is -1.95. The van der Waals surface area contributed by atoms with E-state index >= 15 is 0 Å². The fourth-order valence-electron chi connectivity index (χ4n) is 1.17. The van der Waals surface area contributed by atoms with Gasteiger partial charge in [0.15, 0.2) is 0 Å². The van der Waals surface area contributed by atoms with Gasteiger partial charge in [-0.05, 0) is 62.5 Å². The lowest BCUT2D eigenvalue weighted by molar-refractivity contribution is 0.583. The summed E-state index contributed by atoms with van der Waals surface area (Å²) in [5.41, 5.74) is 1.17. The maximum Gasteiger partial charge on any atom is 0.212 e. The van der Waals surface area contributed by atoms with Crippen molar-refractivity contribution in [2.45, 2.75) is 19.8 Å². The molecule has 2 aromatic rings. The average Bonchev–Trinajstić information content (AvgIpc) is 2.37. The molecule has 0 aliphatic carbocycles. The summed E-state index contributed by atoms with van der Waals surface area (Å²) in [6, 6.07) is 6.97. The van der Waals surface area contributed by atoms with Crippen molar-refractivity contribution in [3.8, 4) is 0 Å². The summed E-state index contributed by atoms with van der Waals surface area (Å²) in [5, 5.41) is 0. The first-order valence-electron chi connectivity index (χ1n) is 5.49. The van der Waals surface area contributed by atoms with Crippen LogP contribution in [-0.4, -0.2) is 9.97 Å². The minimum Gasteiger partial charge on any atom is -0.260 e. The van der Waals surface area contributed by atoms with Gasteiger partial charge in [0.2, 0.25) is 5.95 Å². The Bertz CT molecular complexity index is 436. The van der Waals surface area contributed by atoms with Gasteiger partial charge in [-0.1, -0.05) is 13.3 Å². The molecule has 96 valence electrons. The summed E-state index contributed by atoms with van der Waals surface area (Å²) >= 11 is 6.45. The SMILES string of the molecule is CCCc1ccc(Br)cn1.Fc1ccc(Br)cn1. The molecule has 2 aromatic heterocycles. The summed E-state index contributed by atoms with van der Waals surface area (Å²) in [6.45, 7) is 2.16. The van der Waals surface area contributed by atoms with Gasteiger partial charge in [-0.25, -0.2) is 4.98 Å². The quantitative estimate of drug-likeness (QED) is 0.706. The topological polar surface area (TPSA) is 25.8 Å². The maximum absolute atomic E-state index is 12.0. The monoisotopic (exact) mass is 374 g/mol. The van der Waals surface area contributed by atoms with Crippen LogP contribution in [-0.2, 0) is 6.42 Å². The van der Waals surface area contributed by atoms with Gasteiger partial charge in [0, 0.05) is 27.0 Å². The van der Waals surface area contributed by atoms with E-state index in [9.17, 15) is 4.39 Å². The Hall–Kier alpha value is -0.810. The van der Waals surface area contributed by atoms with Gasteiger partial charge in [-0.2, -0.15) is 4.39 Å². The second kappa shape index (κ2) is 8.32. The molecular weight excluding hydrogens is 363 g/mol. The molecule has 0 N–H and O–H groups in total. The molecule has 5 heteroatoms. The summed E-state index contributed by atoms with van der Waals surface area (Å²) < 4.78 is 13.8. The molecule has 2 heterocycles. The molecule has 18 heavy (non-hydrogen) atoms. The molecular formula is C13H13Br2FN2. The smallest absolute Gasteiger partial charge is 0.212 e. The highest BCUT2D eigenvalue weighted by molar-refractivity contribution is 9.10. The van der Waals surface area contributed by atoms with Crippen LogP contribution in [0.5, 0.6) is 0 Å². The first kappa shape index (κ1) is 15.2. The molecule has 0 atom stereocenters. The first-order chi connectivity index (χ1) is 8.61. The summed E-state index contributed by atoms with van der Waals surface area (Å²) in [5.74, 6) is -0.451. The minimum atomic E-state index is -0.451. The highest BCUT2D eigenvalue weighted by Crippen LogP contribution is 2.08. The Morgan fingerprint density at radius 2 is 1.61 bits per heavy atom. The van der Waals surface area contributed by atoms with Crippen LogP contribution in [0.2, 0.25) is 0 Å². The Morgan fingerprint density at radius 3 is 2.00 bits per heavy atom. The van der Waals surface area contributed by atoms with Crippen molar-refractivity contribution in [3.63, 3.8) is 0 Å². The lowest BCUT2D eigenvalue weighted by Crippen LogP contribution is -1.86. The molecule has 0 fully saturated rings. The number of rotatable bonds is 2. The number of aromatic nitrogens is 2. The maximum atomic E-state index is 12.0. The van der Waals surface area contributed by atoms with E-state index in [1.165, 1.54) is 18.0 Å². The lowest BCUT2D eigenvalue weighted by atomic mass is 10.2. The van der Waals surface area contributed by atoms with Crippen molar-refractivity contribution < 1.29 is 4.39 Å². The molecule has 0 saturated heterocycles. The van der Waals surface area contributed by atoms with E-state index in [0.29, 0.717) is 0 Å². The fourth-order valence-corrected chi connectivity index (χ4v) is 1.64. The predicted octanol–water partition coefficient (Wildman–Crippen LogP) is 4.78. The average molecular weight is 376 g/mol. The number of aryl methyl sites for hydroxylation is 1. The van der Waals surface area contributed by atoms with Gasteiger partial charge in [-0.15, -0.1) is 0 Å². The minimum absolute atomic E-state index is 0.451. The molecule has 0 aromatic carbocycles. The molecule has 0 saturated carbocycles. The molecule has 2 rings (SSSR count). The van der Waals surface area contributed by atoms with Crippen molar-refractivity contribution in [1.82, 2.24) is 9.97 Å². The standard InChI is InChI=1S/C8H10BrN.C5H3BrFN/c1-2-3-8-5-4-7(9)6-10-8;6-4-1-2-5(7)8-3-4/h4-6H,2-3H2,1H3;1-3H. The highest BCUT2D eigenvalue weighted by atomic mass is 79.9.